The predicted molar refractivity (Wildman–Crippen MR) is 61.7 cm³/mol. The molecule has 98 valence electrons. The third-order valence-electron chi connectivity index (χ3n) is 2.81. The molecule has 0 spiro atoms. The molecule has 0 bridgehead atoms. The van der Waals surface area contributed by atoms with Crippen molar-refractivity contribution in [3.05, 3.63) is 0 Å². The van der Waals surface area contributed by atoms with Gasteiger partial charge in [0.15, 0.2) is 0 Å². The first-order valence-corrected chi connectivity index (χ1v) is 5.76. The highest BCUT2D eigenvalue weighted by atomic mass is 16.5. The van der Waals surface area contributed by atoms with Gasteiger partial charge in [-0.15, -0.1) is 0 Å². The number of carbonyl (C=O) groups excluding carboxylic acids is 1. The zero-order chi connectivity index (χ0) is 12.8. The van der Waals surface area contributed by atoms with E-state index in [1.165, 1.54) is 0 Å². The lowest BCUT2D eigenvalue weighted by Gasteiger charge is -2.17. The number of likely N-dealkylation sites (tertiary alicyclic amines) is 1. The molecule has 17 heavy (non-hydrogen) atoms. The van der Waals surface area contributed by atoms with E-state index in [-0.39, 0.29) is 24.4 Å². The van der Waals surface area contributed by atoms with Gasteiger partial charge >= 0.3 is 5.97 Å². The zero-order valence-corrected chi connectivity index (χ0v) is 10.3. The molecule has 1 heterocycles. The van der Waals surface area contributed by atoms with Gasteiger partial charge in [0, 0.05) is 19.7 Å². The van der Waals surface area contributed by atoms with Gasteiger partial charge in [-0.05, 0) is 19.9 Å². The minimum Gasteiger partial charge on any atom is -0.481 e. The van der Waals surface area contributed by atoms with Crippen LogP contribution in [0.15, 0.2) is 0 Å². The van der Waals surface area contributed by atoms with Crippen LogP contribution in [0.2, 0.25) is 0 Å². The number of hydrogen-bond acceptors (Lipinski definition) is 4. The highest BCUT2D eigenvalue weighted by molar-refractivity contribution is 5.78. The van der Waals surface area contributed by atoms with E-state index in [2.05, 4.69) is 5.32 Å². The number of nitrogens with one attached hydrogen (secondary N) is 1. The molecule has 2 N–H and O–H groups in total. The molecule has 1 rings (SSSR count). The second-order valence-corrected chi connectivity index (χ2v) is 4.48. The summed E-state index contributed by atoms with van der Waals surface area (Å²) in [4.78, 5) is 24.2. The number of carboxylic acids is 1. The summed E-state index contributed by atoms with van der Waals surface area (Å²) in [6.07, 6.45) is 0.621. The Labute approximate surface area is 101 Å². The summed E-state index contributed by atoms with van der Waals surface area (Å²) in [5.74, 6) is -1.19. The molecule has 6 heteroatoms. The van der Waals surface area contributed by atoms with Gasteiger partial charge in [-0.25, -0.2) is 0 Å². The molecular formula is C11H20N2O4. The van der Waals surface area contributed by atoms with E-state index in [9.17, 15) is 9.59 Å². The average molecular weight is 244 g/mol. The molecule has 0 aromatic rings. The molecule has 0 radical (unpaired) electrons. The van der Waals surface area contributed by atoms with Gasteiger partial charge in [0.1, 0.15) is 0 Å². The van der Waals surface area contributed by atoms with Crippen molar-refractivity contribution >= 4 is 11.9 Å². The number of amides is 1. The predicted octanol–water partition coefficient (Wildman–Crippen LogP) is -0.456. The van der Waals surface area contributed by atoms with Crippen LogP contribution in [0.25, 0.3) is 0 Å². The Morgan fingerprint density at radius 1 is 1.59 bits per heavy atom. The Bertz CT molecular complexity index is 283. The fourth-order valence-electron chi connectivity index (χ4n) is 1.99. The number of rotatable bonds is 6. The van der Waals surface area contributed by atoms with Crippen LogP contribution >= 0.6 is 0 Å². The molecule has 1 amide bonds. The van der Waals surface area contributed by atoms with Crippen molar-refractivity contribution in [1.82, 2.24) is 10.2 Å². The van der Waals surface area contributed by atoms with E-state index < -0.39 is 5.97 Å². The molecule has 1 saturated heterocycles. The molecule has 0 saturated carbocycles. The minimum atomic E-state index is -0.777. The zero-order valence-electron chi connectivity index (χ0n) is 10.3. The summed E-state index contributed by atoms with van der Waals surface area (Å²) in [5, 5.41) is 11.6. The summed E-state index contributed by atoms with van der Waals surface area (Å²) < 4.78 is 4.92. The molecule has 2 atom stereocenters. The first-order valence-electron chi connectivity index (χ1n) is 5.76. The summed E-state index contributed by atoms with van der Waals surface area (Å²) >= 11 is 0. The molecule has 0 aromatic carbocycles. The second-order valence-electron chi connectivity index (χ2n) is 4.48. The summed E-state index contributed by atoms with van der Waals surface area (Å²) in [5.41, 5.74) is 0. The Balaban J connectivity index is 2.26. The molecule has 0 aromatic heterocycles. The van der Waals surface area contributed by atoms with Gasteiger partial charge in [-0.3, -0.25) is 14.5 Å². The summed E-state index contributed by atoms with van der Waals surface area (Å²) in [6, 6.07) is -0.0228. The number of ether oxygens (including phenoxy) is 1. The fourth-order valence-corrected chi connectivity index (χ4v) is 1.99. The normalized spacial score (nSPS) is 22.4. The lowest BCUT2D eigenvalue weighted by atomic mass is 10.1. The lowest BCUT2D eigenvalue weighted by molar-refractivity contribution is -0.141. The maximum Gasteiger partial charge on any atom is 0.307 e. The van der Waals surface area contributed by atoms with Crippen LogP contribution in [-0.2, 0) is 14.3 Å². The number of carboxylic acid groups (broad SMARTS) is 1. The lowest BCUT2D eigenvalue weighted by Crippen LogP contribution is -2.42. The third-order valence-corrected chi connectivity index (χ3v) is 2.81. The number of hydrogen-bond donors (Lipinski definition) is 2. The monoisotopic (exact) mass is 244 g/mol. The van der Waals surface area contributed by atoms with Crippen LogP contribution in [-0.4, -0.2) is 61.3 Å². The van der Waals surface area contributed by atoms with Crippen molar-refractivity contribution in [2.45, 2.75) is 19.4 Å². The van der Waals surface area contributed by atoms with Crippen molar-refractivity contribution in [1.29, 1.82) is 0 Å². The van der Waals surface area contributed by atoms with Crippen LogP contribution in [0, 0.1) is 5.92 Å². The topological polar surface area (TPSA) is 78.9 Å². The van der Waals surface area contributed by atoms with Gasteiger partial charge in [0.2, 0.25) is 5.91 Å². The van der Waals surface area contributed by atoms with Gasteiger partial charge in [0.05, 0.1) is 19.1 Å². The third kappa shape index (κ3) is 4.70. The molecule has 1 aliphatic rings. The Kier molecular flexibility index (Phi) is 5.37. The van der Waals surface area contributed by atoms with Gasteiger partial charge in [-0.1, -0.05) is 0 Å². The highest BCUT2D eigenvalue weighted by Crippen LogP contribution is 2.15. The number of nitrogens with zero attached hydrogens (tertiary/aromatic N) is 1. The largest absolute Gasteiger partial charge is 0.481 e. The van der Waals surface area contributed by atoms with E-state index in [1.54, 1.807) is 7.11 Å². The molecule has 1 aliphatic heterocycles. The summed E-state index contributed by atoms with van der Waals surface area (Å²) in [6.45, 7) is 3.73. The number of carbonyl (C=O) groups is 2. The average Bonchev–Trinajstić information content (AvgIpc) is 2.66. The quantitative estimate of drug-likeness (QED) is 0.661. The molecule has 1 fully saturated rings. The molecular weight excluding hydrogens is 224 g/mol. The van der Waals surface area contributed by atoms with E-state index >= 15 is 0 Å². The van der Waals surface area contributed by atoms with Crippen molar-refractivity contribution in [3.8, 4) is 0 Å². The van der Waals surface area contributed by atoms with Crippen LogP contribution < -0.4 is 5.32 Å². The number of methoxy groups -OCH3 is 1. The summed E-state index contributed by atoms with van der Waals surface area (Å²) in [7, 11) is 1.58. The van der Waals surface area contributed by atoms with E-state index in [0.29, 0.717) is 26.1 Å². The standard InChI is InChI=1S/C11H20N2O4/c1-8(7-17-2)12-10(14)6-13-4-3-9(5-13)11(15)16/h8-9H,3-7H2,1-2H3,(H,12,14)(H,15,16). The Morgan fingerprint density at radius 3 is 2.82 bits per heavy atom. The Hall–Kier alpha value is -1.14. The molecule has 6 nitrogen and oxygen atoms in total. The van der Waals surface area contributed by atoms with Crippen molar-refractivity contribution in [2.24, 2.45) is 5.92 Å². The van der Waals surface area contributed by atoms with Crippen LogP contribution in [0.5, 0.6) is 0 Å². The first-order chi connectivity index (χ1) is 8.02. The SMILES string of the molecule is COCC(C)NC(=O)CN1CCC(C(=O)O)C1. The fraction of sp³-hybridized carbons (Fsp3) is 0.818. The first kappa shape index (κ1) is 13.9. The van der Waals surface area contributed by atoms with Gasteiger partial charge in [-0.2, -0.15) is 0 Å². The maximum absolute atomic E-state index is 11.6. The van der Waals surface area contributed by atoms with Crippen LogP contribution in [0.1, 0.15) is 13.3 Å². The maximum atomic E-state index is 11.6. The van der Waals surface area contributed by atoms with Crippen molar-refractivity contribution in [3.63, 3.8) is 0 Å². The highest BCUT2D eigenvalue weighted by Gasteiger charge is 2.28. The minimum absolute atomic E-state index is 0.0228. The van der Waals surface area contributed by atoms with E-state index in [4.69, 9.17) is 9.84 Å². The number of aliphatic carboxylic acids is 1. The second kappa shape index (κ2) is 6.56. The van der Waals surface area contributed by atoms with E-state index in [0.717, 1.165) is 0 Å². The smallest absolute Gasteiger partial charge is 0.307 e. The van der Waals surface area contributed by atoms with Crippen molar-refractivity contribution < 1.29 is 19.4 Å². The Morgan fingerprint density at radius 2 is 2.29 bits per heavy atom. The van der Waals surface area contributed by atoms with Crippen LogP contribution in [0.4, 0.5) is 0 Å². The van der Waals surface area contributed by atoms with E-state index in [1.807, 2.05) is 11.8 Å². The van der Waals surface area contributed by atoms with Crippen LogP contribution in [0.3, 0.4) is 0 Å². The molecule has 0 aliphatic carbocycles. The molecule has 2 unspecified atom stereocenters. The van der Waals surface area contributed by atoms with Crippen molar-refractivity contribution in [2.75, 3.05) is 33.4 Å². The van der Waals surface area contributed by atoms with Gasteiger partial charge in [0.25, 0.3) is 0 Å². The van der Waals surface area contributed by atoms with Gasteiger partial charge < -0.3 is 15.2 Å².